The number of urea groups is 1. The zero-order valence-electron chi connectivity index (χ0n) is 8.60. The monoisotopic (exact) mass is 222 g/mol. The lowest BCUT2D eigenvalue weighted by Gasteiger charge is -2.18. The molecule has 2 heterocycles. The molecule has 2 rings (SSSR count). The minimum Gasteiger partial charge on any atom is -0.469 e. The van der Waals surface area contributed by atoms with E-state index in [4.69, 9.17) is 4.42 Å². The number of hydrogen-bond donors (Lipinski definition) is 1. The van der Waals surface area contributed by atoms with E-state index in [0.717, 1.165) is 4.90 Å². The Morgan fingerprint density at radius 2 is 2.19 bits per heavy atom. The van der Waals surface area contributed by atoms with Gasteiger partial charge in [0.1, 0.15) is 5.76 Å². The number of carbonyl (C=O) groups is 3. The Labute approximate surface area is 91.2 Å². The van der Waals surface area contributed by atoms with E-state index in [-0.39, 0.29) is 0 Å². The number of imide groups is 2. The van der Waals surface area contributed by atoms with Crippen LogP contribution in [0, 0.1) is 0 Å². The molecule has 1 aromatic heterocycles. The molecule has 6 nitrogen and oxygen atoms in total. The van der Waals surface area contributed by atoms with E-state index in [1.54, 1.807) is 19.1 Å². The molecule has 1 aromatic rings. The van der Waals surface area contributed by atoms with E-state index in [0.29, 0.717) is 12.2 Å². The van der Waals surface area contributed by atoms with Crippen molar-refractivity contribution in [2.75, 3.05) is 0 Å². The van der Waals surface area contributed by atoms with Gasteiger partial charge in [0.15, 0.2) is 0 Å². The second-order valence-electron chi connectivity index (χ2n) is 3.57. The number of furan rings is 1. The molecule has 16 heavy (non-hydrogen) atoms. The highest BCUT2D eigenvalue weighted by molar-refractivity contribution is 6.44. The maximum atomic E-state index is 11.3. The number of rotatable bonds is 3. The minimum absolute atomic E-state index is 0.388. The number of nitrogens with one attached hydrogen (secondary N) is 1. The fourth-order valence-corrected chi connectivity index (χ4v) is 1.62. The van der Waals surface area contributed by atoms with Crippen LogP contribution in [0.2, 0.25) is 0 Å². The molecule has 4 amide bonds. The Balaban J connectivity index is 2.10. The van der Waals surface area contributed by atoms with Crippen molar-refractivity contribution in [2.24, 2.45) is 0 Å². The highest BCUT2D eigenvalue weighted by atomic mass is 16.3. The average molecular weight is 222 g/mol. The number of nitrogens with zero attached hydrogens (tertiary/aromatic N) is 1. The van der Waals surface area contributed by atoms with Crippen molar-refractivity contribution in [3.8, 4) is 0 Å². The lowest BCUT2D eigenvalue weighted by molar-refractivity contribution is -0.140. The minimum atomic E-state index is -0.878. The molecule has 0 radical (unpaired) electrons. The van der Waals surface area contributed by atoms with Crippen LogP contribution in [-0.2, 0) is 16.0 Å². The molecule has 0 spiro atoms. The van der Waals surface area contributed by atoms with E-state index in [1.165, 1.54) is 6.26 Å². The Hall–Kier alpha value is -2.11. The number of hydrogen-bond acceptors (Lipinski definition) is 4. The van der Waals surface area contributed by atoms with Gasteiger partial charge in [-0.05, 0) is 19.1 Å². The zero-order chi connectivity index (χ0) is 11.7. The maximum Gasteiger partial charge on any atom is 0.331 e. The number of carbonyl (C=O) groups excluding carboxylic acids is 3. The predicted octanol–water partition coefficient (Wildman–Crippen LogP) is 0.289. The Kier molecular flexibility index (Phi) is 2.47. The van der Waals surface area contributed by atoms with Gasteiger partial charge in [-0.2, -0.15) is 0 Å². The highest BCUT2D eigenvalue weighted by Crippen LogP contribution is 2.12. The van der Waals surface area contributed by atoms with Crippen LogP contribution in [0.5, 0.6) is 0 Å². The van der Waals surface area contributed by atoms with E-state index in [1.807, 2.05) is 5.32 Å². The molecule has 1 atom stereocenters. The molecule has 1 fully saturated rings. The van der Waals surface area contributed by atoms with Crippen molar-refractivity contribution in [1.82, 2.24) is 10.2 Å². The Bertz CT molecular complexity index is 438. The summed E-state index contributed by atoms with van der Waals surface area (Å²) in [6.07, 6.45) is 1.90. The van der Waals surface area contributed by atoms with Crippen LogP contribution < -0.4 is 5.32 Å². The van der Waals surface area contributed by atoms with E-state index < -0.39 is 23.9 Å². The van der Waals surface area contributed by atoms with Crippen LogP contribution in [0.4, 0.5) is 4.79 Å². The standard InChI is InChI=1S/C10H10N2O4/c1-6(5-7-3-2-4-16-7)12-9(14)8(13)11-10(12)15/h2-4,6H,5H2,1H3,(H,11,13,15). The third kappa shape index (κ3) is 1.69. The van der Waals surface area contributed by atoms with E-state index in [9.17, 15) is 14.4 Å². The van der Waals surface area contributed by atoms with Gasteiger partial charge >= 0.3 is 17.8 Å². The van der Waals surface area contributed by atoms with Crippen molar-refractivity contribution in [1.29, 1.82) is 0 Å². The normalized spacial score (nSPS) is 17.8. The lowest BCUT2D eigenvalue weighted by atomic mass is 10.2. The van der Waals surface area contributed by atoms with Gasteiger partial charge in [0.25, 0.3) is 0 Å². The fraction of sp³-hybridized carbons (Fsp3) is 0.300. The molecular formula is C10H10N2O4. The molecule has 1 unspecified atom stereocenters. The molecule has 0 bridgehead atoms. The van der Waals surface area contributed by atoms with Crippen molar-refractivity contribution in [2.45, 2.75) is 19.4 Å². The Morgan fingerprint density at radius 3 is 2.69 bits per heavy atom. The third-order valence-corrected chi connectivity index (χ3v) is 2.37. The van der Waals surface area contributed by atoms with E-state index >= 15 is 0 Å². The van der Waals surface area contributed by atoms with Gasteiger partial charge in [-0.25, -0.2) is 4.79 Å². The topological polar surface area (TPSA) is 79.6 Å². The SMILES string of the molecule is CC(Cc1ccco1)N1C(=O)NC(=O)C1=O. The fourth-order valence-electron chi connectivity index (χ4n) is 1.62. The molecule has 0 aliphatic carbocycles. The van der Waals surface area contributed by atoms with Gasteiger partial charge in [0, 0.05) is 12.5 Å². The molecule has 1 aliphatic heterocycles. The van der Waals surface area contributed by atoms with Gasteiger partial charge in [-0.3, -0.25) is 19.8 Å². The van der Waals surface area contributed by atoms with Crippen molar-refractivity contribution >= 4 is 17.8 Å². The predicted molar refractivity (Wildman–Crippen MR) is 52.3 cm³/mol. The summed E-state index contributed by atoms with van der Waals surface area (Å²) in [4.78, 5) is 34.5. The summed E-state index contributed by atoms with van der Waals surface area (Å²) in [6.45, 7) is 1.68. The van der Waals surface area contributed by atoms with Gasteiger partial charge in [0.05, 0.1) is 6.26 Å². The van der Waals surface area contributed by atoms with Crippen LogP contribution >= 0.6 is 0 Å². The Morgan fingerprint density at radius 1 is 1.44 bits per heavy atom. The molecule has 1 saturated heterocycles. The molecule has 84 valence electrons. The second kappa shape index (κ2) is 3.80. The molecule has 6 heteroatoms. The smallest absolute Gasteiger partial charge is 0.331 e. The van der Waals surface area contributed by atoms with Crippen LogP contribution in [0.1, 0.15) is 12.7 Å². The zero-order valence-corrected chi connectivity index (χ0v) is 8.60. The van der Waals surface area contributed by atoms with Crippen LogP contribution in [-0.4, -0.2) is 28.8 Å². The first-order valence-electron chi connectivity index (χ1n) is 4.80. The molecule has 1 aliphatic rings. The summed E-state index contributed by atoms with van der Waals surface area (Å²) >= 11 is 0. The summed E-state index contributed by atoms with van der Waals surface area (Å²) < 4.78 is 5.11. The van der Waals surface area contributed by atoms with Crippen molar-refractivity contribution < 1.29 is 18.8 Å². The summed E-state index contributed by atoms with van der Waals surface area (Å²) in [5.41, 5.74) is 0. The second-order valence-corrected chi connectivity index (χ2v) is 3.57. The molecule has 0 aromatic carbocycles. The maximum absolute atomic E-state index is 11.3. The van der Waals surface area contributed by atoms with E-state index in [2.05, 4.69) is 0 Å². The first-order chi connectivity index (χ1) is 7.59. The van der Waals surface area contributed by atoms with Gasteiger partial charge < -0.3 is 4.42 Å². The van der Waals surface area contributed by atoms with Gasteiger partial charge in [0.2, 0.25) is 0 Å². The van der Waals surface area contributed by atoms with Gasteiger partial charge in [-0.15, -0.1) is 0 Å². The summed E-state index contributed by atoms with van der Waals surface area (Å²) in [5.74, 6) is -1.03. The first kappa shape index (κ1) is 10.4. The molecule has 0 saturated carbocycles. The van der Waals surface area contributed by atoms with Crippen LogP contribution in [0.25, 0.3) is 0 Å². The van der Waals surface area contributed by atoms with Gasteiger partial charge in [-0.1, -0.05) is 0 Å². The highest BCUT2D eigenvalue weighted by Gasteiger charge is 2.39. The lowest BCUT2D eigenvalue weighted by Crippen LogP contribution is -2.40. The number of amides is 4. The third-order valence-electron chi connectivity index (χ3n) is 2.37. The summed E-state index contributed by atoms with van der Waals surface area (Å²) in [7, 11) is 0. The quantitative estimate of drug-likeness (QED) is 0.588. The molecule has 1 N–H and O–H groups in total. The van der Waals surface area contributed by atoms with Crippen molar-refractivity contribution in [3.63, 3.8) is 0 Å². The first-order valence-corrected chi connectivity index (χ1v) is 4.80. The summed E-state index contributed by atoms with van der Waals surface area (Å²) in [5, 5.41) is 1.95. The molecular weight excluding hydrogens is 212 g/mol. The van der Waals surface area contributed by atoms with Crippen molar-refractivity contribution in [3.05, 3.63) is 24.2 Å². The average Bonchev–Trinajstić information content (AvgIpc) is 2.77. The largest absolute Gasteiger partial charge is 0.469 e. The summed E-state index contributed by atoms with van der Waals surface area (Å²) in [6, 6.07) is 2.38. The van der Waals surface area contributed by atoms with Crippen LogP contribution in [0.15, 0.2) is 22.8 Å². The van der Waals surface area contributed by atoms with Crippen LogP contribution in [0.3, 0.4) is 0 Å².